The molecule has 0 aromatic heterocycles. The minimum Gasteiger partial charge on any atom is -0.496 e. The standard InChI is InChI=1S/C20H23ClO4/c1-20(2,3)19(23)25-12-8-9-14-17(10-12)24-11-15(18(14)22)13-6-4-5-7-16(13)21/h4-7,11-12,14,17H,8-10H2,1-3H3. The number of Topliss-reactive ketones (excluding diaryl/α,β-unsaturated/α-hetero) is 1. The Balaban J connectivity index is 1.72. The number of fused-ring (bicyclic) bond motifs is 1. The first-order valence-electron chi connectivity index (χ1n) is 8.63. The molecular weight excluding hydrogens is 340 g/mol. The van der Waals surface area contributed by atoms with E-state index in [1.54, 1.807) is 6.07 Å². The minimum absolute atomic E-state index is 0.0601. The van der Waals surface area contributed by atoms with E-state index in [0.717, 1.165) is 0 Å². The molecule has 25 heavy (non-hydrogen) atoms. The lowest BCUT2D eigenvalue weighted by Gasteiger charge is -2.38. The highest BCUT2D eigenvalue weighted by Gasteiger charge is 2.42. The Hall–Kier alpha value is -1.81. The van der Waals surface area contributed by atoms with E-state index < -0.39 is 5.41 Å². The van der Waals surface area contributed by atoms with Crippen molar-refractivity contribution in [1.82, 2.24) is 0 Å². The lowest BCUT2D eigenvalue weighted by Crippen LogP contribution is -2.42. The second kappa shape index (κ2) is 6.83. The zero-order valence-corrected chi connectivity index (χ0v) is 15.5. The summed E-state index contributed by atoms with van der Waals surface area (Å²) >= 11 is 6.22. The predicted molar refractivity (Wildman–Crippen MR) is 96.0 cm³/mol. The zero-order chi connectivity index (χ0) is 18.2. The van der Waals surface area contributed by atoms with Crippen molar-refractivity contribution in [2.24, 2.45) is 11.3 Å². The van der Waals surface area contributed by atoms with Crippen LogP contribution < -0.4 is 0 Å². The molecule has 1 aliphatic carbocycles. The summed E-state index contributed by atoms with van der Waals surface area (Å²) in [4.78, 5) is 25.0. The third-order valence-electron chi connectivity index (χ3n) is 4.76. The number of halogens is 1. The van der Waals surface area contributed by atoms with Crippen molar-refractivity contribution in [2.75, 3.05) is 0 Å². The van der Waals surface area contributed by atoms with Crippen LogP contribution in [0.2, 0.25) is 5.02 Å². The van der Waals surface area contributed by atoms with Gasteiger partial charge in [-0.1, -0.05) is 29.8 Å². The maximum Gasteiger partial charge on any atom is 0.311 e. The van der Waals surface area contributed by atoms with Gasteiger partial charge in [0.15, 0.2) is 5.78 Å². The van der Waals surface area contributed by atoms with Gasteiger partial charge in [0.2, 0.25) is 0 Å². The van der Waals surface area contributed by atoms with E-state index in [2.05, 4.69) is 0 Å². The van der Waals surface area contributed by atoms with Gasteiger partial charge >= 0.3 is 5.97 Å². The average molecular weight is 363 g/mol. The van der Waals surface area contributed by atoms with Crippen molar-refractivity contribution in [2.45, 2.75) is 52.2 Å². The third-order valence-corrected chi connectivity index (χ3v) is 5.09. The van der Waals surface area contributed by atoms with E-state index >= 15 is 0 Å². The van der Waals surface area contributed by atoms with Crippen LogP contribution in [0.4, 0.5) is 0 Å². The highest BCUT2D eigenvalue weighted by molar-refractivity contribution is 6.35. The number of ether oxygens (including phenoxy) is 2. The van der Waals surface area contributed by atoms with Crippen LogP contribution in [0.25, 0.3) is 5.57 Å². The summed E-state index contributed by atoms with van der Waals surface area (Å²) in [7, 11) is 0. The van der Waals surface area contributed by atoms with Gasteiger partial charge in [-0.25, -0.2) is 0 Å². The van der Waals surface area contributed by atoms with E-state index in [4.69, 9.17) is 21.1 Å². The van der Waals surface area contributed by atoms with E-state index in [-0.39, 0.29) is 29.9 Å². The van der Waals surface area contributed by atoms with Gasteiger partial charge in [-0.2, -0.15) is 0 Å². The van der Waals surface area contributed by atoms with E-state index in [1.807, 2.05) is 39.0 Å². The van der Waals surface area contributed by atoms with E-state index in [9.17, 15) is 9.59 Å². The molecule has 134 valence electrons. The van der Waals surface area contributed by atoms with Crippen LogP contribution >= 0.6 is 11.6 Å². The summed E-state index contributed by atoms with van der Waals surface area (Å²) in [5, 5.41) is 0.539. The highest BCUT2D eigenvalue weighted by Crippen LogP contribution is 2.39. The Morgan fingerprint density at radius 1 is 1.24 bits per heavy atom. The fourth-order valence-corrected chi connectivity index (χ4v) is 3.50. The molecule has 1 aliphatic heterocycles. The van der Waals surface area contributed by atoms with Gasteiger partial charge in [-0.05, 0) is 39.7 Å². The average Bonchev–Trinajstić information content (AvgIpc) is 2.55. The SMILES string of the molecule is CC(C)(C)C(=O)OC1CCC2C(=O)C(c3ccccc3Cl)=COC2C1. The van der Waals surface area contributed by atoms with Crippen LogP contribution in [0.1, 0.15) is 45.6 Å². The fourth-order valence-electron chi connectivity index (χ4n) is 3.27. The summed E-state index contributed by atoms with van der Waals surface area (Å²) in [6.07, 6.45) is 2.94. The maximum absolute atomic E-state index is 12.9. The Morgan fingerprint density at radius 2 is 1.96 bits per heavy atom. The molecule has 0 radical (unpaired) electrons. The number of carbonyl (C=O) groups excluding carboxylic acids is 2. The highest BCUT2D eigenvalue weighted by atomic mass is 35.5. The Bertz CT molecular complexity index is 717. The Labute approximate surface area is 153 Å². The predicted octanol–water partition coefficient (Wildman–Crippen LogP) is 4.41. The molecule has 0 bridgehead atoms. The second-order valence-corrected chi connectivity index (χ2v) is 8.15. The molecule has 1 heterocycles. The molecule has 4 nitrogen and oxygen atoms in total. The zero-order valence-electron chi connectivity index (χ0n) is 14.8. The molecule has 3 rings (SSSR count). The molecular formula is C20H23ClO4. The van der Waals surface area contributed by atoms with Gasteiger partial charge in [0.05, 0.1) is 23.2 Å². The van der Waals surface area contributed by atoms with Crippen molar-refractivity contribution >= 4 is 28.9 Å². The van der Waals surface area contributed by atoms with Gasteiger partial charge in [-0.15, -0.1) is 0 Å². The van der Waals surface area contributed by atoms with Crippen LogP contribution in [-0.4, -0.2) is 24.0 Å². The Morgan fingerprint density at radius 3 is 2.64 bits per heavy atom. The number of hydrogen-bond donors (Lipinski definition) is 0. The molecule has 0 spiro atoms. The van der Waals surface area contributed by atoms with Gasteiger partial charge < -0.3 is 9.47 Å². The monoisotopic (exact) mass is 362 g/mol. The Kier molecular flexibility index (Phi) is 4.92. The number of hydrogen-bond acceptors (Lipinski definition) is 4. The third kappa shape index (κ3) is 3.74. The van der Waals surface area contributed by atoms with Crippen molar-refractivity contribution in [3.63, 3.8) is 0 Å². The van der Waals surface area contributed by atoms with Gasteiger partial charge in [-0.3, -0.25) is 9.59 Å². The number of benzene rings is 1. The molecule has 0 saturated heterocycles. The molecule has 0 N–H and O–H groups in total. The van der Waals surface area contributed by atoms with Crippen molar-refractivity contribution < 1.29 is 19.1 Å². The van der Waals surface area contributed by atoms with Crippen molar-refractivity contribution in [3.8, 4) is 0 Å². The van der Waals surface area contributed by atoms with E-state index in [1.165, 1.54) is 6.26 Å². The van der Waals surface area contributed by atoms with Gasteiger partial charge in [0.25, 0.3) is 0 Å². The molecule has 1 aromatic rings. The quantitative estimate of drug-likeness (QED) is 0.731. The molecule has 0 amide bonds. The minimum atomic E-state index is -0.531. The smallest absolute Gasteiger partial charge is 0.311 e. The summed E-state index contributed by atoms with van der Waals surface area (Å²) < 4.78 is 11.4. The van der Waals surface area contributed by atoms with Crippen LogP contribution in [0.3, 0.4) is 0 Å². The normalized spacial score (nSPS) is 26.3. The molecule has 1 aromatic carbocycles. The van der Waals surface area contributed by atoms with Crippen LogP contribution in [-0.2, 0) is 19.1 Å². The van der Waals surface area contributed by atoms with Crippen molar-refractivity contribution in [1.29, 1.82) is 0 Å². The van der Waals surface area contributed by atoms with E-state index in [0.29, 0.717) is 35.4 Å². The first-order valence-corrected chi connectivity index (χ1v) is 9.01. The molecule has 3 unspecified atom stereocenters. The number of carbonyl (C=O) groups is 2. The summed E-state index contributed by atoms with van der Waals surface area (Å²) in [6.45, 7) is 5.50. The maximum atomic E-state index is 12.9. The molecule has 5 heteroatoms. The van der Waals surface area contributed by atoms with Gasteiger partial charge in [0.1, 0.15) is 12.2 Å². The molecule has 1 fully saturated rings. The largest absolute Gasteiger partial charge is 0.496 e. The van der Waals surface area contributed by atoms with Gasteiger partial charge in [0, 0.05) is 17.0 Å². The number of allylic oxidation sites excluding steroid dienone is 1. The first kappa shape index (κ1) is 18.0. The fraction of sp³-hybridized carbons (Fsp3) is 0.500. The second-order valence-electron chi connectivity index (χ2n) is 7.75. The van der Waals surface area contributed by atoms with Crippen LogP contribution in [0.15, 0.2) is 30.5 Å². The number of esters is 1. The molecule has 3 atom stereocenters. The lowest BCUT2D eigenvalue weighted by molar-refractivity contribution is -0.163. The first-order chi connectivity index (χ1) is 11.8. The number of rotatable bonds is 2. The summed E-state index contributed by atoms with van der Waals surface area (Å²) in [6, 6.07) is 7.27. The summed E-state index contributed by atoms with van der Waals surface area (Å²) in [5.74, 6) is -0.365. The lowest BCUT2D eigenvalue weighted by atomic mass is 9.77. The molecule has 1 saturated carbocycles. The number of ketones is 1. The summed E-state index contributed by atoms with van der Waals surface area (Å²) in [5.41, 5.74) is 0.697. The van der Waals surface area contributed by atoms with Crippen LogP contribution in [0.5, 0.6) is 0 Å². The topological polar surface area (TPSA) is 52.6 Å². The molecule has 2 aliphatic rings. The van der Waals surface area contributed by atoms with Crippen LogP contribution in [0, 0.1) is 11.3 Å². The van der Waals surface area contributed by atoms with Crippen molar-refractivity contribution in [3.05, 3.63) is 41.1 Å².